The number of rotatable bonds is 6. The van der Waals surface area contributed by atoms with Crippen LogP contribution in [0, 0.1) is 11.8 Å². The number of halogens is 3. The molecule has 5 atom stereocenters. The number of phenols is 1. The van der Waals surface area contributed by atoms with Gasteiger partial charge in [0.1, 0.15) is 11.9 Å². The van der Waals surface area contributed by atoms with E-state index in [-0.39, 0.29) is 35.0 Å². The van der Waals surface area contributed by atoms with Gasteiger partial charge in [0.25, 0.3) is 0 Å². The maximum Gasteiger partial charge on any atom is 0.573 e. The average Bonchev–Trinajstić information content (AvgIpc) is 3.66. The van der Waals surface area contributed by atoms with Crippen molar-refractivity contribution in [3.63, 3.8) is 0 Å². The molecule has 2 aliphatic heterocycles. The third-order valence-electron chi connectivity index (χ3n) is 9.95. The van der Waals surface area contributed by atoms with Gasteiger partial charge in [0, 0.05) is 36.7 Å². The van der Waals surface area contributed by atoms with Gasteiger partial charge in [-0.05, 0) is 92.3 Å². The summed E-state index contributed by atoms with van der Waals surface area (Å²) >= 11 is 0. The van der Waals surface area contributed by atoms with Gasteiger partial charge in [-0.3, -0.25) is 9.69 Å². The summed E-state index contributed by atoms with van der Waals surface area (Å²) in [6.07, 6.45) is 4.18. The fourth-order valence-corrected chi connectivity index (χ4v) is 8.12. The maximum absolute atomic E-state index is 13.4. The second kappa shape index (κ2) is 9.16. The van der Waals surface area contributed by atoms with E-state index in [2.05, 4.69) is 15.7 Å². The predicted molar refractivity (Wildman–Crippen MR) is 142 cm³/mol. The molecule has 1 spiro atoms. The fraction of sp³-hybridized carbons (Fsp3) is 0.516. The van der Waals surface area contributed by atoms with Gasteiger partial charge in [-0.2, -0.15) is 0 Å². The van der Waals surface area contributed by atoms with Gasteiger partial charge in [0.05, 0.1) is 6.04 Å². The van der Waals surface area contributed by atoms with Crippen molar-refractivity contribution < 1.29 is 32.5 Å². The fourth-order valence-electron chi connectivity index (χ4n) is 8.12. The molecule has 40 heavy (non-hydrogen) atoms. The molecular weight excluding hydrogens is 521 g/mol. The number of ether oxygens (including phenoxy) is 2. The molecule has 7 rings (SSSR count). The van der Waals surface area contributed by atoms with Crippen molar-refractivity contribution in [3.8, 4) is 17.2 Å². The highest BCUT2D eigenvalue weighted by molar-refractivity contribution is 5.92. The van der Waals surface area contributed by atoms with Gasteiger partial charge in [-0.1, -0.05) is 18.2 Å². The lowest BCUT2D eigenvalue weighted by atomic mass is 9.51. The van der Waals surface area contributed by atoms with E-state index >= 15 is 0 Å². The van der Waals surface area contributed by atoms with Crippen LogP contribution in [0.4, 0.5) is 13.2 Å². The van der Waals surface area contributed by atoms with Crippen LogP contribution in [0.3, 0.4) is 0 Å². The van der Waals surface area contributed by atoms with E-state index in [1.54, 1.807) is 24.1 Å². The first-order chi connectivity index (χ1) is 19.1. The van der Waals surface area contributed by atoms with Gasteiger partial charge in [0.2, 0.25) is 5.91 Å². The Morgan fingerprint density at radius 3 is 2.83 bits per heavy atom. The number of alkyl halides is 3. The molecule has 2 aromatic carbocycles. The zero-order valence-electron chi connectivity index (χ0n) is 22.4. The van der Waals surface area contributed by atoms with E-state index in [9.17, 15) is 23.1 Å². The minimum Gasteiger partial charge on any atom is -0.504 e. The molecule has 3 fully saturated rings. The van der Waals surface area contributed by atoms with Crippen LogP contribution in [0.15, 0.2) is 42.5 Å². The van der Waals surface area contributed by atoms with E-state index in [1.807, 2.05) is 0 Å². The summed E-state index contributed by atoms with van der Waals surface area (Å²) in [6, 6.07) is 9.60. The average molecular weight is 555 g/mol. The van der Waals surface area contributed by atoms with Gasteiger partial charge in [0.15, 0.2) is 11.5 Å². The number of likely N-dealkylation sites (tertiary alicyclic amines) is 1. The molecule has 1 amide bonds. The monoisotopic (exact) mass is 554 g/mol. The van der Waals surface area contributed by atoms with Gasteiger partial charge in [-0.25, -0.2) is 0 Å². The van der Waals surface area contributed by atoms with Crippen LogP contribution in [0.5, 0.6) is 17.2 Å². The zero-order valence-corrected chi connectivity index (χ0v) is 22.4. The SMILES string of the molecule is CN(C(=O)C=Cc1cccc(OC(F)(F)F)c1)[C@@H]1CC[C@H]2[C@H]3Cc4ccc(O)c5c4[C@@]2(CCN3CC2CC2)[C@H]1O5. The van der Waals surface area contributed by atoms with Crippen molar-refractivity contribution in [1.29, 1.82) is 0 Å². The van der Waals surface area contributed by atoms with Crippen molar-refractivity contribution >= 4 is 12.0 Å². The molecule has 1 saturated heterocycles. The molecule has 2 bridgehead atoms. The lowest BCUT2D eigenvalue weighted by molar-refractivity contribution is -0.274. The molecule has 1 N–H and O–H groups in total. The molecule has 9 heteroatoms. The van der Waals surface area contributed by atoms with Crippen LogP contribution in [0.25, 0.3) is 6.08 Å². The number of hydrogen-bond donors (Lipinski definition) is 1. The number of carbonyl (C=O) groups is 1. The number of aromatic hydroxyl groups is 1. The van der Waals surface area contributed by atoms with Gasteiger partial charge >= 0.3 is 6.36 Å². The van der Waals surface area contributed by atoms with Crippen LogP contribution < -0.4 is 9.47 Å². The second-order valence-corrected chi connectivity index (χ2v) is 12.1. The summed E-state index contributed by atoms with van der Waals surface area (Å²) in [5.74, 6) is 1.39. The number of phenolic OH excluding ortho intramolecular Hbond substituents is 1. The van der Waals surface area contributed by atoms with Crippen LogP contribution >= 0.6 is 0 Å². The van der Waals surface area contributed by atoms with Crippen molar-refractivity contribution in [2.75, 3.05) is 20.1 Å². The molecule has 2 aromatic rings. The number of likely N-dealkylation sites (N-methyl/N-ethyl adjacent to an activating group) is 1. The van der Waals surface area contributed by atoms with E-state index < -0.39 is 6.36 Å². The lowest BCUT2D eigenvalue weighted by Gasteiger charge is -2.60. The molecular formula is C31H33F3N2O4. The number of amides is 1. The summed E-state index contributed by atoms with van der Waals surface area (Å²) in [5.41, 5.74) is 2.61. The molecule has 0 radical (unpaired) electrons. The quantitative estimate of drug-likeness (QED) is 0.493. The Morgan fingerprint density at radius 1 is 1.23 bits per heavy atom. The highest BCUT2D eigenvalue weighted by atomic mass is 19.4. The topological polar surface area (TPSA) is 62.2 Å². The Labute approximate surface area is 231 Å². The largest absolute Gasteiger partial charge is 0.573 e. The number of carbonyl (C=O) groups excluding carboxylic acids is 1. The molecule has 2 saturated carbocycles. The second-order valence-electron chi connectivity index (χ2n) is 12.1. The first-order valence-corrected chi connectivity index (χ1v) is 14.2. The number of piperidine rings is 1. The van der Waals surface area contributed by atoms with E-state index in [1.165, 1.54) is 48.8 Å². The standard InChI is InChI=1S/C31H33F3N2O4/c1-35(26(38)12-7-18-3-2-4-21(15-18)40-31(32,33)34)23-10-9-22-24-16-20-8-11-25(37)28-27(20)30(22,29(23)39-28)13-14-36(24)17-19-5-6-19/h2-4,7-8,11-12,15,19,22-24,29,37H,5-6,9-10,13-14,16-17H2,1H3/t22-,23+,24+,29-,30-/m0/s1. The molecule has 2 heterocycles. The molecule has 5 aliphatic rings. The van der Waals surface area contributed by atoms with Crippen molar-refractivity contribution in [2.24, 2.45) is 11.8 Å². The Balaban J connectivity index is 1.16. The Bertz CT molecular complexity index is 1370. The van der Waals surface area contributed by atoms with Gasteiger partial charge in [-0.15, -0.1) is 13.2 Å². The smallest absolute Gasteiger partial charge is 0.504 e. The van der Waals surface area contributed by atoms with Crippen LogP contribution in [-0.4, -0.2) is 65.5 Å². The Kier molecular flexibility index (Phi) is 5.90. The maximum atomic E-state index is 13.4. The molecule has 6 nitrogen and oxygen atoms in total. The zero-order chi connectivity index (χ0) is 27.8. The molecule has 0 aromatic heterocycles. The molecule has 0 unspecified atom stereocenters. The number of benzene rings is 2. The van der Waals surface area contributed by atoms with E-state index in [4.69, 9.17) is 4.74 Å². The number of hydrogen-bond acceptors (Lipinski definition) is 5. The van der Waals surface area contributed by atoms with E-state index in [0.717, 1.165) is 50.3 Å². The predicted octanol–water partition coefficient (Wildman–Crippen LogP) is 5.28. The van der Waals surface area contributed by atoms with Crippen LogP contribution in [0.1, 0.15) is 48.8 Å². The minimum atomic E-state index is -4.78. The Hall–Kier alpha value is -3.20. The lowest BCUT2D eigenvalue weighted by Crippen LogP contribution is -2.69. The highest BCUT2D eigenvalue weighted by Gasteiger charge is 2.66. The molecule has 212 valence electrons. The minimum absolute atomic E-state index is 0.161. The highest BCUT2D eigenvalue weighted by Crippen LogP contribution is 2.64. The van der Waals surface area contributed by atoms with Gasteiger partial charge < -0.3 is 19.5 Å². The number of nitrogens with zero attached hydrogens (tertiary/aromatic N) is 2. The summed E-state index contributed by atoms with van der Waals surface area (Å²) in [4.78, 5) is 17.8. The summed E-state index contributed by atoms with van der Waals surface area (Å²) in [7, 11) is 1.77. The normalized spacial score (nSPS) is 30.6. The van der Waals surface area contributed by atoms with Crippen LogP contribution in [0.2, 0.25) is 0 Å². The van der Waals surface area contributed by atoms with E-state index in [0.29, 0.717) is 23.3 Å². The van der Waals surface area contributed by atoms with Crippen LogP contribution in [-0.2, 0) is 16.6 Å². The Morgan fingerprint density at radius 2 is 2.05 bits per heavy atom. The molecule has 3 aliphatic carbocycles. The first kappa shape index (κ1) is 25.7. The summed E-state index contributed by atoms with van der Waals surface area (Å²) < 4.78 is 48.5. The third kappa shape index (κ3) is 4.16. The first-order valence-electron chi connectivity index (χ1n) is 14.2. The summed E-state index contributed by atoms with van der Waals surface area (Å²) in [6.45, 7) is 2.15. The van der Waals surface area contributed by atoms with Crippen molar-refractivity contribution in [1.82, 2.24) is 9.80 Å². The van der Waals surface area contributed by atoms with Crippen molar-refractivity contribution in [2.45, 2.75) is 68.5 Å². The third-order valence-corrected chi connectivity index (χ3v) is 9.95. The summed E-state index contributed by atoms with van der Waals surface area (Å²) in [5, 5.41) is 10.8. The van der Waals surface area contributed by atoms with Crippen molar-refractivity contribution in [3.05, 3.63) is 59.2 Å².